The summed E-state index contributed by atoms with van der Waals surface area (Å²) in [5.74, 6) is 1.44. The van der Waals surface area contributed by atoms with Gasteiger partial charge in [-0.1, -0.05) is 25.5 Å². The van der Waals surface area contributed by atoms with Gasteiger partial charge in [-0.3, -0.25) is 0 Å². The van der Waals surface area contributed by atoms with Gasteiger partial charge in [0.05, 0.1) is 20.2 Å². The Bertz CT molecular complexity index is 530. The summed E-state index contributed by atoms with van der Waals surface area (Å²) in [6, 6.07) is 7.93. The summed E-state index contributed by atoms with van der Waals surface area (Å²) in [6.07, 6.45) is 2.21. The van der Waals surface area contributed by atoms with Gasteiger partial charge in [-0.15, -0.1) is 0 Å². The maximum Gasteiger partial charge on any atom is 0.317 e. The van der Waals surface area contributed by atoms with E-state index in [1.165, 1.54) is 0 Å². The molecule has 1 heterocycles. The standard InChI is InChI=1S/C18H29N3O3/c1-5-8-14(20(2)3)11-19-18(22)21-12-15(13-21)24-17-10-7-6-9-16(17)23-4/h6-7,9-10,14-15H,5,8,11-13H2,1-4H3,(H,19,22)/t14-/m0/s1. The molecule has 0 saturated carbocycles. The first-order valence-corrected chi connectivity index (χ1v) is 8.54. The average Bonchev–Trinajstić information content (AvgIpc) is 2.54. The van der Waals surface area contributed by atoms with E-state index in [4.69, 9.17) is 9.47 Å². The number of para-hydroxylation sites is 2. The molecule has 1 aromatic carbocycles. The number of benzene rings is 1. The fourth-order valence-corrected chi connectivity index (χ4v) is 2.77. The Morgan fingerprint density at radius 3 is 2.58 bits per heavy atom. The van der Waals surface area contributed by atoms with Crippen LogP contribution in [0.4, 0.5) is 4.79 Å². The molecule has 24 heavy (non-hydrogen) atoms. The van der Waals surface area contributed by atoms with Gasteiger partial charge in [-0.25, -0.2) is 4.79 Å². The number of urea groups is 1. The summed E-state index contributed by atoms with van der Waals surface area (Å²) >= 11 is 0. The quantitative estimate of drug-likeness (QED) is 0.791. The first-order chi connectivity index (χ1) is 11.5. The molecule has 1 aliphatic rings. The molecule has 1 aromatic rings. The molecule has 1 atom stereocenters. The highest BCUT2D eigenvalue weighted by atomic mass is 16.5. The highest BCUT2D eigenvalue weighted by Crippen LogP contribution is 2.28. The number of nitrogens with zero attached hydrogens (tertiary/aromatic N) is 2. The van der Waals surface area contributed by atoms with Crippen LogP contribution in [-0.2, 0) is 0 Å². The fourth-order valence-electron chi connectivity index (χ4n) is 2.77. The number of carbonyl (C=O) groups excluding carboxylic acids is 1. The van der Waals surface area contributed by atoms with E-state index >= 15 is 0 Å². The Morgan fingerprint density at radius 2 is 2.00 bits per heavy atom. The van der Waals surface area contributed by atoms with Gasteiger partial charge in [0.2, 0.25) is 0 Å². The molecule has 1 aliphatic heterocycles. The molecule has 0 spiro atoms. The third-order valence-corrected chi connectivity index (χ3v) is 4.34. The van der Waals surface area contributed by atoms with E-state index in [2.05, 4.69) is 17.1 Å². The van der Waals surface area contributed by atoms with Crippen molar-refractivity contribution in [3.8, 4) is 11.5 Å². The van der Waals surface area contributed by atoms with E-state index in [1.54, 1.807) is 12.0 Å². The highest BCUT2D eigenvalue weighted by Gasteiger charge is 2.33. The van der Waals surface area contributed by atoms with Crippen LogP contribution in [0.2, 0.25) is 0 Å². The van der Waals surface area contributed by atoms with Crippen LogP contribution in [-0.4, -0.2) is 68.8 Å². The highest BCUT2D eigenvalue weighted by molar-refractivity contribution is 5.75. The first-order valence-electron chi connectivity index (χ1n) is 8.54. The minimum atomic E-state index is -0.0159. The monoisotopic (exact) mass is 335 g/mol. The van der Waals surface area contributed by atoms with Crippen molar-refractivity contribution in [1.82, 2.24) is 15.1 Å². The topological polar surface area (TPSA) is 54.0 Å². The Balaban J connectivity index is 1.74. The van der Waals surface area contributed by atoms with Crippen molar-refractivity contribution in [2.45, 2.75) is 31.9 Å². The van der Waals surface area contributed by atoms with Crippen LogP contribution in [0.15, 0.2) is 24.3 Å². The molecule has 134 valence electrons. The third kappa shape index (κ3) is 4.77. The maximum absolute atomic E-state index is 12.2. The second-order valence-electron chi connectivity index (χ2n) is 6.39. The molecule has 6 nitrogen and oxygen atoms in total. The van der Waals surface area contributed by atoms with E-state index < -0.39 is 0 Å². The lowest BCUT2D eigenvalue weighted by molar-refractivity contribution is 0.0421. The van der Waals surface area contributed by atoms with Gasteiger partial charge in [0.15, 0.2) is 11.5 Å². The van der Waals surface area contributed by atoms with Crippen LogP contribution in [0.1, 0.15) is 19.8 Å². The van der Waals surface area contributed by atoms with Crippen LogP contribution in [0.5, 0.6) is 11.5 Å². The number of likely N-dealkylation sites (N-methyl/N-ethyl adjacent to an activating group) is 1. The molecule has 1 saturated heterocycles. The largest absolute Gasteiger partial charge is 0.493 e. The second kappa shape index (κ2) is 8.78. The summed E-state index contributed by atoms with van der Waals surface area (Å²) in [6.45, 7) is 4.04. The van der Waals surface area contributed by atoms with Crippen molar-refractivity contribution in [3.05, 3.63) is 24.3 Å². The Labute approximate surface area is 144 Å². The number of likely N-dealkylation sites (tertiary alicyclic amines) is 1. The molecule has 6 heteroatoms. The van der Waals surface area contributed by atoms with E-state index in [9.17, 15) is 4.79 Å². The Kier molecular flexibility index (Phi) is 6.73. The van der Waals surface area contributed by atoms with Gasteiger partial charge in [0.1, 0.15) is 6.10 Å². The third-order valence-electron chi connectivity index (χ3n) is 4.34. The lowest BCUT2D eigenvalue weighted by Gasteiger charge is -2.39. The number of nitrogens with one attached hydrogen (secondary N) is 1. The van der Waals surface area contributed by atoms with Gasteiger partial charge >= 0.3 is 6.03 Å². The van der Waals surface area contributed by atoms with Gasteiger partial charge in [0, 0.05) is 12.6 Å². The molecule has 0 bridgehead atoms. The molecule has 0 aromatic heterocycles. The summed E-state index contributed by atoms with van der Waals surface area (Å²) < 4.78 is 11.2. The zero-order valence-electron chi connectivity index (χ0n) is 15.1. The maximum atomic E-state index is 12.2. The predicted octanol–water partition coefficient (Wildman–Crippen LogP) is 2.20. The smallest absolute Gasteiger partial charge is 0.317 e. The van der Waals surface area contributed by atoms with E-state index in [0.717, 1.165) is 18.6 Å². The minimum absolute atomic E-state index is 0.0159. The molecule has 0 unspecified atom stereocenters. The van der Waals surface area contributed by atoms with Crippen LogP contribution < -0.4 is 14.8 Å². The SMILES string of the molecule is CCC[C@@H](CNC(=O)N1CC(Oc2ccccc2OC)C1)N(C)C. The second-order valence-corrected chi connectivity index (χ2v) is 6.39. The number of hydrogen-bond donors (Lipinski definition) is 1. The molecule has 2 amide bonds. The van der Waals surface area contributed by atoms with E-state index in [0.29, 0.717) is 31.4 Å². The zero-order chi connectivity index (χ0) is 17.5. The number of methoxy groups -OCH3 is 1. The normalized spacial score (nSPS) is 15.8. The molecule has 2 rings (SSSR count). The van der Waals surface area contributed by atoms with Crippen molar-refractivity contribution in [2.24, 2.45) is 0 Å². The number of amides is 2. The first kappa shape index (κ1) is 18.4. The van der Waals surface area contributed by atoms with Crippen molar-refractivity contribution >= 4 is 6.03 Å². The van der Waals surface area contributed by atoms with Gasteiger partial charge in [-0.2, -0.15) is 0 Å². The summed E-state index contributed by atoms with van der Waals surface area (Å²) in [4.78, 5) is 16.1. The lowest BCUT2D eigenvalue weighted by atomic mass is 10.1. The minimum Gasteiger partial charge on any atom is -0.493 e. The van der Waals surface area contributed by atoms with Crippen LogP contribution in [0.25, 0.3) is 0 Å². The molecule has 1 N–H and O–H groups in total. The predicted molar refractivity (Wildman–Crippen MR) is 94.8 cm³/mol. The Morgan fingerprint density at radius 1 is 1.33 bits per heavy atom. The zero-order valence-corrected chi connectivity index (χ0v) is 15.1. The van der Waals surface area contributed by atoms with Crippen molar-refractivity contribution in [3.63, 3.8) is 0 Å². The van der Waals surface area contributed by atoms with Crippen molar-refractivity contribution in [1.29, 1.82) is 0 Å². The van der Waals surface area contributed by atoms with Gasteiger partial charge in [0.25, 0.3) is 0 Å². The van der Waals surface area contributed by atoms with Gasteiger partial charge < -0.3 is 24.6 Å². The van der Waals surface area contributed by atoms with Gasteiger partial charge in [-0.05, 0) is 32.6 Å². The van der Waals surface area contributed by atoms with Crippen LogP contribution in [0, 0.1) is 0 Å². The molecule has 0 aliphatic carbocycles. The molecular weight excluding hydrogens is 306 g/mol. The number of ether oxygens (including phenoxy) is 2. The summed E-state index contributed by atoms with van der Waals surface area (Å²) in [7, 11) is 5.72. The number of rotatable bonds is 8. The average molecular weight is 335 g/mol. The molecular formula is C18H29N3O3. The van der Waals surface area contributed by atoms with Crippen LogP contribution >= 0.6 is 0 Å². The summed E-state index contributed by atoms with van der Waals surface area (Å²) in [5.41, 5.74) is 0. The molecule has 0 radical (unpaired) electrons. The number of carbonyl (C=O) groups is 1. The van der Waals surface area contributed by atoms with E-state index in [1.807, 2.05) is 38.4 Å². The van der Waals surface area contributed by atoms with E-state index in [-0.39, 0.29) is 12.1 Å². The Hall–Kier alpha value is -1.95. The molecule has 1 fully saturated rings. The fraction of sp³-hybridized carbons (Fsp3) is 0.611. The number of hydrogen-bond acceptors (Lipinski definition) is 4. The summed E-state index contributed by atoms with van der Waals surface area (Å²) in [5, 5.41) is 3.02. The lowest BCUT2D eigenvalue weighted by Crippen LogP contribution is -2.59. The van der Waals surface area contributed by atoms with Crippen LogP contribution in [0.3, 0.4) is 0 Å². The van der Waals surface area contributed by atoms with Crippen molar-refractivity contribution < 1.29 is 14.3 Å². The van der Waals surface area contributed by atoms with Crippen molar-refractivity contribution in [2.75, 3.05) is 40.8 Å².